The smallest absolute Gasteiger partial charge is 0.168 e. The van der Waals surface area contributed by atoms with Gasteiger partial charge in [-0.2, -0.15) is 0 Å². The van der Waals surface area contributed by atoms with Crippen LogP contribution in [0.4, 0.5) is 0 Å². The van der Waals surface area contributed by atoms with E-state index in [1.54, 1.807) is 0 Å². The summed E-state index contributed by atoms with van der Waals surface area (Å²) in [6.45, 7) is 0.566. The van der Waals surface area contributed by atoms with Crippen LogP contribution in [0.5, 0.6) is 0 Å². The lowest BCUT2D eigenvalue weighted by Gasteiger charge is -2.25. The van der Waals surface area contributed by atoms with Gasteiger partial charge in [0, 0.05) is 25.8 Å². The standard InChI is InChI=1S/C32H29NO2/c34-30-21-27(24-12-5-2-6-13-24)22-31(35)32(30)29(33-19-18-23-10-3-1-4-11-23)20-26-16-9-15-25-14-7-8-17-28(25)26/h1-17,27,34H,18-22H2. The largest absolute Gasteiger partial charge is 0.511 e. The van der Waals surface area contributed by atoms with E-state index < -0.39 is 0 Å². The van der Waals surface area contributed by atoms with Crippen LogP contribution in [0.15, 0.2) is 119 Å². The first-order chi connectivity index (χ1) is 17.2. The monoisotopic (exact) mass is 459 g/mol. The maximum atomic E-state index is 13.4. The van der Waals surface area contributed by atoms with Crippen molar-refractivity contribution >= 4 is 22.3 Å². The molecule has 0 spiro atoms. The molecular weight excluding hydrogens is 430 g/mol. The number of hydrogen-bond acceptors (Lipinski definition) is 3. The molecule has 0 amide bonds. The molecule has 1 atom stereocenters. The Morgan fingerprint density at radius 2 is 1.49 bits per heavy atom. The summed E-state index contributed by atoms with van der Waals surface area (Å²) in [5.41, 5.74) is 4.51. The van der Waals surface area contributed by atoms with Gasteiger partial charge in [-0.25, -0.2) is 0 Å². The fraction of sp³-hybridized carbons (Fsp3) is 0.188. The van der Waals surface area contributed by atoms with E-state index in [0.29, 0.717) is 37.1 Å². The van der Waals surface area contributed by atoms with E-state index in [4.69, 9.17) is 4.99 Å². The van der Waals surface area contributed by atoms with E-state index in [1.807, 2.05) is 66.7 Å². The van der Waals surface area contributed by atoms with E-state index in [0.717, 1.165) is 28.3 Å². The molecule has 1 unspecified atom stereocenters. The fourth-order valence-electron chi connectivity index (χ4n) is 5.00. The molecule has 5 rings (SSSR count). The highest BCUT2D eigenvalue weighted by Gasteiger charge is 2.31. The molecule has 3 heteroatoms. The summed E-state index contributed by atoms with van der Waals surface area (Å²) in [5.74, 6) is 0.130. The van der Waals surface area contributed by atoms with Crippen LogP contribution in [0.3, 0.4) is 0 Å². The van der Waals surface area contributed by atoms with Gasteiger partial charge in [0.15, 0.2) is 5.78 Å². The van der Waals surface area contributed by atoms with Gasteiger partial charge < -0.3 is 5.11 Å². The molecule has 4 aromatic carbocycles. The molecule has 1 aliphatic rings. The normalized spacial score (nSPS) is 16.6. The summed E-state index contributed by atoms with van der Waals surface area (Å²) < 4.78 is 0. The van der Waals surface area contributed by atoms with Gasteiger partial charge >= 0.3 is 0 Å². The number of aliphatic imine (C=N–C) groups is 1. The van der Waals surface area contributed by atoms with Crippen molar-refractivity contribution < 1.29 is 9.90 Å². The fourth-order valence-corrected chi connectivity index (χ4v) is 5.00. The third-order valence-electron chi connectivity index (χ3n) is 6.78. The minimum absolute atomic E-state index is 0.00410. The zero-order valence-electron chi connectivity index (χ0n) is 19.7. The van der Waals surface area contributed by atoms with Gasteiger partial charge in [-0.3, -0.25) is 9.79 Å². The number of carbonyl (C=O) groups is 1. The van der Waals surface area contributed by atoms with E-state index in [2.05, 4.69) is 36.4 Å². The number of carbonyl (C=O) groups excluding carboxylic acids is 1. The first-order valence-corrected chi connectivity index (χ1v) is 12.2. The average Bonchev–Trinajstić information content (AvgIpc) is 2.89. The lowest BCUT2D eigenvalue weighted by molar-refractivity contribution is -0.116. The van der Waals surface area contributed by atoms with Crippen molar-refractivity contribution in [3.05, 3.63) is 131 Å². The summed E-state index contributed by atoms with van der Waals surface area (Å²) in [7, 11) is 0. The van der Waals surface area contributed by atoms with Crippen molar-refractivity contribution in [2.24, 2.45) is 4.99 Å². The first-order valence-electron chi connectivity index (χ1n) is 12.2. The quantitative estimate of drug-likeness (QED) is 0.302. The minimum atomic E-state index is -0.0266. The molecule has 3 nitrogen and oxygen atoms in total. The number of aliphatic hydroxyl groups is 1. The maximum absolute atomic E-state index is 13.4. The SMILES string of the molecule is O=C1CC(c2ccccc2)CC(O)=C1C(Cc1cccc2ccccc12)=NCCc1ccccc1. The van der Waals surface area contributed by atoms with Gasteiger partial charge in [0.2, 0.25) is 0 Å². The van der Waals surface area contributed by atoms with Crippen LogP contribution in [-0.2, 0) is 17.6 Å². The number of nitrogens with zero attached hydrogens (tertiary/aromatic N) is 1. The van der Waals surface area contributed by atoms with Gasteiger partial charge in [-0.05, 0) is 39.8 Å². The van der Waals surface area contributed by atoms with Crippen molar-refractivity contribution in [2.75, 3.05) is 6.54 Å². The Morgan fingerprint density at radius 1 is 0.800 bits per heavy atom. The lowest BCUT2D eigenvalue weighted by atomic mass is 9.80. The molecule has 0 bridgehead atoms. The number of benzene rings is 4. The number of hydrogen-bond donors (Lipinski definition) is 1. The summed E-state index contributed by atoms with van der Waals surface area (Å²) >= 11 is 0. The van der Waals surface area contributed by atoms with Crippen LogP contribution in [0, 0.1) is 0 Å². The second-order valence-electron chi connectivity index (χ2n) is 9.14. The topological polar surface area (TPSA) is 49.7 Å². The Bertz CT molecular complexity index is 1380. The molecule has 174 valence electrons. The molecule has 4 aromatic rings. The van der Waals surface area contributed by atoms with Crippen LogP contribution in [0.1, 0.15) is 35.4 Å². The van der Waals surface area contributed by atoms with Crippen LogP contribution in [-0.4, -0.2) is 23.1 Å². The molecule has 0 aliphatic heterocycles. The molecule has 0 saturated carbocycles. The van der Waals surface area contributed by atoms with Crippen molar-refractivity contribution in [1.82, 2.24) is 0 Å². The highest BCUT2D eigenvalue weighted by molar-refractivity contribution is 6.24. The number of Topliss-reactive ketones (excluding diaryl/α,β-unsaturated/α-hetero) is 1. The molecule has 0 fully saturated rings. The third kappa shape index (κ3) is 5.25. The zero-order chi connectivity index (χ0) is 24.0. The van der Waals surface area contributed by atoms with Gasteiger partial charge in [0.05, 0.1) is 11.3 Å². The molecule has 0 saturated heterocycles. The third-order valence-corrected chi connectivity index (χ3v) is 6.78. The predicted molar refractivity (Wildman–Crippen MR) is 143 cm³/mol. The zero-order valence-corrected chi connectivity index (χ0v) is 19.7. The Balaban J connectivity index is 1.48. The molecule has 0 radical (unpaired) electrons. The van der Waals surface area contributed by atoms with Crippen molar-refractivity contribution in [3.8, 4) is 0 Å². The number of fused-ring (bicyclic) bond motifs is 1. The van der Waals surface area contributed by atoms with Gasteiger partial charge in [0.1, 0.15) is 5.76 Å². The lowest BCUT2D eigenvalue weighted by Crippen LogP contribution is -2.25. The number of rotatable bonds is 7. The molecule has 0 aromatic heterocycles. The van der Waals surface area contributed by atoms with Crippen LogP contribution in [0.25, 0.3) is 10.8 Å². The predicted octanol–water partition coefficient (Wildman–Crippen LogP) is 7.02. The molecular formula is C32H29NO2. The minimum Gasteiger partial charge on any atom is -0.511 e. The second-order valence-corrected chi connectivity index (χ2v) is 9.14. The Labute approximate surface area is 206 Å². The van der Waals surface area contributed by atoms with Crippen molar-refractivity contribution in [2.45, 2.75) is 31.6 Å². The van der Waals surface area contributed by atoms with E-state index in [9.17, 15) is 9.90 Å². The van der Waals surface area contributed by atoms with Crippen LogP contribution >= 0.6 is 0 Å². The molecule has 1 N–H and O–H groups in total. The number of aliphatic hydroxyl groups excluding tert-OH is 1. The van der Waals surface area contributed by atoms with E-state index >= 15 is 0 Å². The van der Waals surface area contributed by atoms with Gasteiger partial charge in [0.25, 0.3) is 0 Å². The number of ketones is 1. The van der Waals surface area contributed by atoms with Crippen LogP contribution in [0.2, 0.25) is 0 Å². The summed E-state index contributed by atoms with van der Waals surface area (Å²) in [6, 6.07) is 34.7. The summed E-state index contributed by atoms with van der Waals surface area (Å²) in [5, 5.41) is 13.4. The molecule has 0 heterocycles. The Morgan fingerprint density at radius 3 is 2.26 bits per heavy atom. The number of allylic oxidation sites excluding steroid dienone is 2. The van der Waals surface area contributed by atoms with Gasteiger partial charge in [-0.15, -0.1) is 0 Å². The maximum Gasteiger partial charge on any atom is 0.168 e. The Kier molecular flexibility index (Phi) is 6.85. The molecule has 35 heavy (non-hydrogen) atoms. The average molecular weight is 460 g/mol. The van der Waals surface area contributed by atoms with Crippen molar-refractivity contribution in [1.29, 1.82) is 0 Å². The van der Waals surface area contributed by atoms with E-state index in [-0.39, 0.29) is 17.5 Å². The Hall–Kier alpha value is -3.98. The van der Waals surface area contributed by atoms with E-state index in [1.165, 1.54) is 5.56 Å². The second kappa shape index (κ2) is 10.5. The summed E-state index contributed by atoms with van der Waals surface area (Å²) in [6.07, 6.45) is 2.14. The molecule has 1 aliphatic carbocycles. The highest BCUT2D eigenvalue weighted by atomic mass is 16.3. The van der Waals surface area contributed by atoms with Crippen molar-refractivity contribution in [3.63, 3.8) is 0 Å². The highest BCUT2D eigenvalue weighted by Crippen LogP contribution is 2.34. The first kappa shape index (κ1) is 22.8. The van der Waals surface area contributed by atoms with Crippen LogP contribution < -0.4 is 0 Å². The van der Waals surface area contributed by atoms with Gasteiger partial charge in [-0.1, -0.05) is 103 Å². The summed E-state index contributed by atoms with van der Waals surface area (Å²) in [4.78, 5) is 18.3.